The Hall–Kier alpha value is -3.76. The normalized spacial score (nSPS) is 14.1. The second kappa shape index (κ2) is 14.8. The number of amides is 2. The van der Waals surface area contributed by atoms with Crippen LogP contribution in [-0.4, -0.2) is 58.0 Å². The van der Waals surface area contributed by atoms with Crippen molar-refractivity contribution in [3.8, 4) is 11.5 Å². The van der Waals surface area contributed by atoms with Gasteiger partial charge < -0.3 is 19.7 Å². The number of ether oxygens (including phenoxy) is 2. The van der Waals surface area contributed by atoms with E-state index in [0.717, 1.165) is 35.6 Å². The zero-order valence-electron chi connectivity index (χ0n) is 25.6. The third-order valence-corrected chi connectivity index (χ3v) is 10.1. The molecule has 1 atom stereocenters. The van der Waals surface area contributed by atoms with Gasteiger partial charge in [-0.15, -0.1) is 0 Å². The van der Waals surface area contributed by atoms with Crippen LogP contribution in [0.4, 0.5) is 5.69 Å². The molecule has 0 radical (unpaired) electrons. The van der Waals surface area contributed by atoms with Gasteiger partial charge in [-0.1, -0.05) is 67.3 Å². The summed E-state index contributed by atoms with van der Waals surface area (Å²) in [5.41, 5.74) is 1.89. The van der Waals surface area contributed by atoms with E-state index in [9.17, 15) is 18.0 Å². The topological polar surface area (TPSA) is 105 Å². The van der Waals surface area contributed by atoms with Gasteiger partial charge in [0.2, 0.25) is 11.8 Å². The van der Waals surface area contributed by atoms with Gasteiger partial charge in [0.1, 0.15) is 12.6 Å². The summed E-state index contributed by atoms with van der Waals surface area (Å²) in [7, 11) is -1.40. The molecular weight excluding hydrogens is 602 g/mol. The average molecular weight is 642 g/mol. The van der Waals surface area contributed by atoms with Gasteiger partial charge in [0.05, 0.1) is 24.8 Å². The van der Waals surface area contributed by atoms with Crippen molar-refractivity contribution in [2.75, 3.05) is 25.1 Å². The lowest BCUT2D eigenvalue weighted by molar-refractivity contribution is -0.140. The van der Waals surface area contributed by atoms with Gasteiger partial charge in [-0.2, -0.15) is 0 Å². The first kappa shape index (κ1) is 33.1. The van der Waals surface area contributed by atoms with Crippen molar-refractivity contribution >= 4 is 39.1 Å². The number of carbonyl (C=O) groups excluding carboxylic acids is 2. The highest BCUT2D eigenvalue weighted by Crippen LogP contribution is 2.33. The quantitative estimate of drug-likeness (QED) is 0.256. The molecule has 9 nitrogen and oxygen atoms in total. The third-order valence-electron chi connectivity index (χ3n) is 7.93. The van der Waals surface area contributed by atoms with Crippen molar-refractivity contribution in [2.45, 2.75) is 69.5 Å². The number of hydrogen-bond acceptors (Lipinski definition) is 6. The van der Waals surface area contributed by atoms with Gasteiger partial charge in [0.25, 0.3) is 10.0 Å². The number of aryl methyl sites for hydroxylation is 1. The Morgan fingerprint density at radius 1 is 0.977 bits per heavy atom. The van der Waals surface area contributed by atoms with Crippen LogP contribution in [-0.2, 0) is 26.2 Å². The minimum absolute atomic E-state index is 0.0350. The molecule has 1 saturated carbocycles. The van der Waals surface area contributed by atoms with E-state index >= 15 is 0 Å². The first-order valence-electron chi connectivity index (χ1n) is 14.7. The van der Waals surface area contributed by atoms with Crippen LogP contribution in [0.3, 0.4) is 0 Å². The molecule has 44 heavy (non-hydrogen) atoms. The maximum atomic E-state index is 14.3. The molecule has 1 aliphatic rings. The number of nitrogens with zero attached hydrogens (tertiary/aromatic N) is 2. The van der Waals surface area contributed by atoms with Crippen LogP contribution in [0.15, 0.2) is 71.6 Å². The maximum absolute atomic E-state index is 14.3. The summed E-state index contributed by atoms with van der Waals surface area (Å²) < 4.78 is 40.1. The molecule has 1 aliphatic carbocycles. The molecule has 0 aromatic heterocycles. The lowest BCUT2D eigenvalue weighted by atomic mass is 10.1. The summed E-state index contributed by atoms with van der Waals surface area (Å²) in [6.45, 7) is 3.22. The first-order chi connectivity index (χ1) is 21.1. The predicted molar refractivity (Wildman–Crippen MR) is 172 cm³/mol. The Morgan fingerprint density at radius 2 is 1.64 bits per heavy atom. The van der Waals surface area contributed by atoms with Crippen molar-refractivity contribution in [1.82, 2.24) is 10.2 Å². The number of hydrogen-bond donors (Lipinski definition) is 1. The number of rotatable bonds is 13. The number of nitrogens with one attached hydrogen (secondary N) is 1. The third kappa shape index (κ3) is 7.65. The molecule has 2 amide bonds. The van der Waals surface area contributed by atoms with Crippen LogP contribution in [0.25, 0.3) is 0 Å². The Morgan fingerprint density at radius 3 is 2.25 bits per heavy atom. The van der Waals surface area contributed by atoms with Crippen LogP contribution in [0.5, 0.6) is 11.5 Å². The number of carbonyl (C=O) groups is 2. The summed E-state index contributed by atoms with van der Waals surface area (Å²) in [6.07, 6.45) is 4.21. The van der Waals surface area contributed by atoms with Crippen LogP contribution < -0.4 is 19.1 Å². The van der Waals surface area contributed by atoms with Gasteiger partial charge >= 0.3 is 0 Å². The molecule has 3 aromatic rings. The van der Waals surface area contributed by atoms with Crippen LogP contribution >= 0.6 is 11.6 Å². The van der Waals surface area contributed by atoms with Gasteiger partial charge in [-0.05, 0) is 62.1 Å². The van der Waals surface area contributed by atoms with Gasteiger partial charge in [0.15, 0.2) is 11.5 Å². The van der Waals surface area contributed by atoms with Crippen molar-refractivity contribution in [3.05, 3.63) is 82.9 Å². The van der Waals surface area contributed by atoms with E-state index < -0.39 is 28.5 Å². The number of anilines is 1. The molecule has 0 bridgehead atoms. The Bertz CT molecular complexity index is 1560. The van der Waals surface area contributed by atoms with E-state index in [0.29, 0.717) is 28.4 Å². The Kier molecular flexibility index (Phi) is 11.2. The fraction of sp³-hybridized carbons (Fsp3) is 0.394. The van der Waals surface area contributed by atoms with Crippen molar-refractivity contribution in [1.29, 1.82) is 0 Å². The molecule has 3 aromatic carbocycles. The monoisotopic (exact) mass is 641 g/mol. The van der Waals surface area contributed by atoms with Crippen LogP contribution in [0.2, 0.25) is 5.02 Å². The smallest absolute Gasteiger partial charge is 0.264 e. The molecule has 236 valence electrons. The SMILES string of the molecule is CC[C@@H](C(=O)NC1CCCC1)N(Cc1ccccc1Cl)C(=O)CN(c1ccc(C)cc1)S(=O)(=O)c1ccc(OC)c(OC)c1. The Balaban J connectivity index is 1.75. The Labute approximate surface area is 265 Å². The standard InChI is InChI=1S/C33H40ClN3O6S/c1-5-29(33(39)35-25-11-7-8-12-25)36(21-24-10-6-9-13-28(24)34)32(38)22-37(26-16-14-23(2)15-17-26)44(40,41)27-18-19-30(42-3)31(20-27)43-4/h6,9-10,13-20,25,29H,5,7-8,11-12,21-22H2,1-4H3,(H,35,39)/t29-/m0/s1. The molecule has 11 heteroatoms. The highest BCUT2D eigenvalue weighted by Gasteiger charge is 2.35. The number of halogens is 1. The fourth-order valence-corrected chi connectivity index (χ4v) is 7.07. The maximum Gasteiger partial charge on any atom is 0.264 e. The molecule has 1 fully saturated rings. The van der Waals surface area contributed by atoms with E-state index in [-0.39, 0.29) is 29.1 Å². The molecule has 0 unspecified atom stereocenters. The van der Waals surface area contributed by atoms with E-state index in [4.69, 9.17) is 21.1 Å². The largest absolute Gasteiger partial charge is 0.493 e. The molecule has 0 saturated heterocycles. The second-order valence-corrected chi connectivity index (χ2v) is 13.2. The number of sulfonamides is 1. The molecule has 1 N–H and O–H groups in total. The van der Waals surface area contributed by atoms with E-state index in [1.807, 2.05) is 19.9 Å². The highest BCUT2D eigenvalue weighted by atomic mass is 35.5. The van der Waals surface area contributed by atoms with E-state index in [2.05, 4.69) is 5.32 Å². The number of methoxy groups -OCH3 is 2. The minimum atomic E-state index is -4.28. The molecule has 4 rings (SSSR count). The summed E-state index contributed by atoms with van der Waals surface area (Å²) >= 11 is 6.49. The average Bonchev–Trinajstić information content (AvgIpc) is 3.53. The zero-order valence-corrected chi connectivity index (χ0v) is 27.2. The summed E-state index contributed by atoms with van der Waals surface area (Å²) in [5, 5.41) is 3.56. The van der Waals surface area contributed by atoms with Gasteiger partial charge in [0, 0.05) is 23.7 Å². The first-order valence-corrected chi connectivity index (χ1v) is 16.6. The summed E-state index contributed by atoms with van der Waals surface area (Å²) in [5.74, 6) is -0.194. The molecule has 0 heterocycles. The lowest BCUT2D eigenvalue weighted by Gasteiger charge is -2.34. The van der Waals surface area contributed by atoms with Crippen molar-refractivity contribution in [2.24, 2.45) is 0 Å². The van der Waals surface area contributed by atoms with Crippen LogP contribution in [0, 0.1) is 6.92 Å². The fourth-order valence-electron chi connectivity index (χ4n) is 5.44. The molecule has 0 aliphatic heterocycles. The lowest BCUT2D eigenvalue weighted by Crippen LogP contribution is -2.53. The highest BCUT2D eigenvalue weighted by molar-refractivity contribution is 7.92. The molecular formula is C33H40ClN3O6S. The van der Waals surface area contributed by atoms with Gasteiger partial charge in [-0.25, -0.2) is 8.42 Å². The van der Waals surface area contributed by atoms with E-state index in [1.54, 1.807) is 42.5 Å². The summed E-state index contributed by atoms with van der Waals surface area (Å²) in [4.78, 5) is 29.3. The van der Waals surface area contributed by atoms with Crippen molar-refractivity contribution in [3.63, 3.8) is 0 Å². The van der Waals surface area contributed by atoms with E-state index in [1.165, 1.54) is 37.3 Å². The minimum Gasteiger partial charge on any atom is -0.493 e. The van der Waals surface area contributed by atoms with Crippen molar-refractivity contribution < 1.29 is 27.5 Å². The number of benzene rings is 3. The molecule has 0 spiro atoms. The second-order valence-electron chi connectivity index (χ2n) is 10.9. The zero-order chi connectivity index (χ0) is 31.9. The predicted octanol–water partition coefficient (Wildman–Crippen LogP) is 5.73. The van der Waals surface area contributed by atoms with Gasteiger partial charge in [-0.3, -0.25) is 13.9 Å². The van der Waals surface area contributed by atoms with Crippen LogP contribution in [0.1, 0.15) is 50.2 Å². The summed E-state index contributed by atoms with van der Waals surface area (Å²) in [6, 6.07) is 17.5.